The first kappa shape index (κ1) is 20.8. The van der Waals surface area contributed by atoms with Gasteiger partial charge in [0.1, 0.15) is 18.2 Å². The van der Waals surface area contributed by atoms with Crippen LogP contribution in [-0.4, -0.2) is 35.7 Å². The molecule has 1 atom stereocenters. The third-order valence-electron chi connectivity index (χ3n) is 3.24. The molecule has 25 heavy (non-hydrogen) atoms. The first-order chi connectivity index (χ1) is 11.6. The fourth-order valence-electron chi connectivity index (χ4n) is 2.06. The van der Waals surface area contributed by atoms with E-state index in [4.69, 9.17) is 4.74 Å². The zero-order valence-electron chi connectivity index (χ0n) is 15.0. The first-order valence-corrected chi connectivity index (χ1v) is 8.14. The average molecular weight is 356 g/mol. The van der Waals surface area contributed by atoms with E-state index < -0.39 is 17.0 Å². The summed E-state index contributed by atoms with van der Waals surface area (Å²) < 4.78 is 19.0. The Labute approximate surface area is 146 Å². The molecule has 0 aliphatic carbocycles. The second-order valence-corrected chi connectivity index (χ2v) is 6.71. The van der Waals surface area contributed by atoms with E-state index in [1.54, 1.807) is 0 Å². The van der Waals surface area contributed by atoms with E-state index in [1.165, 1.54) is 12.1 Å². The number of nitrogens with one attached hydrogen (secondary N) is 1. The van der Waals surface area contributed by atoms with E-state index in [0.29, 0.717) is 6.42 Å². The molecule has 1 N–H and O–H groups in total. The number of rotatable bonds is 10. The highest BCUT2D eigenvalue weighted by Gasteiger charge is 2.20. The molecule has 0 fully saturated rings. The smallest absolute Gasteiger partial charge is 0.294 e. The van der Waals surface area contributed by atoms with E-state index in [-0.39, 0.29) is 42.2 Å². The summed E-state index contributed by atoms with van der Waals surface area (Å²) in [6.45, 7) is 7.62. The molecule has 0 radical (unpaired) electrons. The van der Waals surface area contributed by atoms with Crippen LogP contribution < -0.4 is 10.1 Å². The molecule has 1 unspecified atom stereocenters. The summed E-state index contributed by atoms with van der Waals surface area (Å²) in [7, 11) is 0. The fraction of sp³-hybridized carbons (Fsp3) is 0.588. The predicted octanol–water partition coefficient (Wildman–Crippen LogP) is 3.15. The van der Waals surface area contributed by atoms with Gasteiger partial charge in [0.15, 0.2) is 11.9 Å². The highest BCUT2D eigenvalue weighted by atomic mass is 19.1. The Morgan fingerprint density at radius 3 is 2.64 bits per heavy atom. The molecule has 0 bridgehead atoms. The number of nitrogens with zero attached hydrogens (tertiary/aromatic N) is 1. The van der Waals surface area contributed by atoms with Crippen molar-refractivity contribution in [2.45, 2.75) is 52.2 Å². The quantitative estimate of drug-likeness (QED) is 0.393. The molecule has 7 nitrogen and oxygen atoms in total. The van der Waals surface area contributed by atoms with Crippen LogP contribution in [0.25, 0.3) is 0 Å². The lowest BCUT2D eigenvalue weighted by Gasteiger charge is -2.24. The van der Waals surface area contributed by atoms with Crippen LogP contribution in [-0.2, 0) is 4.84 Å². The number of ether oxygens (including phenoxy) is 1. The Bertz CT molecular complexity index is 601. The summed E-state index contributed by atoms with van der Waals surface area (Å²) >= 11 is 0. The van der Waals surface area contributed by atoms with Crippen molar-refractivity contribution in [3.8, 4) is 5.75 Å². The van der Waals surface area contributed by atoms with Crippen molar-refractivity contribution < 1.29 is 23.8 Å². The average Bonchev–Trinajstić information content (AvgIpc) is 2.49. The summed E-state index contributed by atoms with van der Waals surface area (Å²) in [6.07, 6.45) is 0.0193. The third kappa shape index (κ3) is 7.93. The zero-order chi connectivity index (χ0) is 19.0. The topological polar surface area (TPSA) is 90.7 Å². The van der Waals surface area contributed by atoms with Gasteiger partial charge in [0.2, 0.25) is 0 Å². The molecule has 0 aromatic heterocycles. The van der Waals surface area contributed by atoms with Crippen molar-refractivity contribution in [2.75, 3.05) is 13.2 Å². The number of benzene rings is 1. The van der Waals surface area contributed by atoms with Crippen molar-refractivity contribution in [3.63, 3.8) is 0 Å². The van der Waals surface area contributed by atoms with Gasteiger partial charge in [-0.2, -0.15) is 0 Å². The number of hydrogen-bond donors (Lipinski definition) is 1. The second-order valence-electron chi connectivity index (χ2n) is 6.71. The number of carbonyl (C=O) groups is 1. The van der Waals surface area contributed by atoms with Gasteiger partial charge in [-0.1, -0.05) is 6.92 Å². The molecular formula is C17H25FN2O5. The van der Waals surface area contributed by atoms with Gasteiger partial charge in [-0.05, 0) is 45.4 Å². The molecule has 0 saturated carbocycles. The van der Waals surface area contributed by atoms with Crippen molar-refractivity contribution in [1.29, 1.82) is 0 Å². The van der Waals surface area contributed by atoms with Crippen LogP contribution in [0.3, 0.4) is 0 Å². The van der Waals surface area contributed by atoms with Gasteiger partial charge in [-0.25, -0.2) is 4.39 Å². The molecule has 0 saturated heterocycles. The van der Waals surface area contributed by atoms with Gasteiger partial charge in [-0.15, -0.1) is 10.1 Å². The largest absolute Gasteiger partial charge is 0.490 e. The maximum atomic E-state index is 13.4. The van der Waals surface area contributed by atoms with Crippen LogP contribution in [0.2, 0.25) is 0 Å². The number of halogens is 1. The minimum absolute atomic E-state index is 0.130. The van der Waals surface area contributed by atoms with Gasteiger partial charge >= 0.3 is 0 Å². The monoisotopic (exact) mass is 356 g/mol. The highest BCUT2D eigenvalue weighted by molar-refractivity contribution is 5.98. The van der Waals surface area contributed by atoms with Gasteiger partial charge in [0, 0.05) is 18.5 Å². The molecule has 0 aliphatic heterocycles. The van der Waals surface area contributed by atoms with E-state index >= 15 is 0 Å². The van der Waals surface area contributed by atoms with Gasteiger partial charge in [0.05, 0.1) is 5.56 Å². The SMILES string of the molecule is CCCC(=O)c1cc(F)ccc1OCC(CNC(C)(C)C)O[N+](=O)[O-]. The lowest BCUT2D eigenvalue weighted by atomic mass is 10.1. The highest BCUT2D eigenvalue weighted by Crippen LogP contribution is 2.22. The summed E-state index contributed by atoms with van der Waals surface area (Å²) in [5.41, 5.74) is -0.124. The van der Waals surface area contributed by atoms with E-state index in [9.17, 15) is 19.3 Å². The normalized spacial score (nSPS) is 12.5. The second kappa shape index (κ2) is 9.31. The number of hydrogen-bond acceptors (Lipinski definition) is 6. The van der Waals surface area contributed by atoms with Crippen LogP contribution in [0.1, 0.15) is 50.9 Å². The minimum atomic E-state index is -0.883. The van der Waals surface area contributed by atoms with Crippen LogP contribution >= 0.6 is 0 Å². The fourth-order valence-corrected chi connectivity index (χ4v) is 2.06. The zero-order valence-corrected chi connectivity index (χ0v) is 15.0. The Kier molecular flexibility index (Phi) is 7.76. The molecule has 140 valence electrons. The summed E-state index contributed by atoms with van der Waals surface area (Å²) in [4.78, 5) is 27.4. The molecule has 1 aromatic carbocycles. The van der Waals surface area contributed by atoms with E-state index in [0.717, 1.165) is 6.07 Å². The molecule has 0 amide bonds. The van der Waals surface area contributed by atoms with Crippen LogP contribution in [0, 0.1) is 15.9 Å². The third-order valence-corrected chi connectivity index (χ3v) is 3.24. The van der Waals surface area contributed by atoms with Gasteiger partial charge < -0.3 is 14.9 Å². The molecule has 1 rings (SSSR count). The van der Waals surface area contributed by atoms with Crippen molar-refractivity contribution in [2.24, 2.45) is 0 Å². The minimum Gasteiger partial charge on any atom is -0.490 e. The van der Waals surface area contributed by atoms with Crippen LogP contribution in [0.5, 0.6) is 5.75 Å². The number of ketones is 1. The van der Waals surface area contributed by atoms with Gasteiger partial charge in [0.25, 0.3) is 5.09 Å². The Hall–Kier alpha value is -2.22. The number of Topliss-reactive ketones (excluding diaryl/α,β-unsaturated/α-hetero) is 1. The lowest BCUT2D eigenvalue weighted by Crippen LogP contribution is -2.44. The molecule has 1 aromatic rings. The molecule has 8 heteroatoms. The Morgan fingerprint density at radius 1 is 1.40 bits per heavy atom. The van der Waals surface area contributed by atoms with E-state index in [2.05, 4.69) is 10.2 Å². The van der Waals surface area contributed by atoms with Crippen molar-refractivity contribution >= 4 is 5.78 Å². The molecule has 0 aliphatic rings. The van der Waals surface area contributed by atoms with Crippen LogP contribution in [0.4, 0.5) is 4.39 Å². The molecular weight excluding hydrogens is 331 g/mol. The van der Waals surface area contributed by atoms with Crippen molar-refractivity contribution in [1.82, 2.24) is 5.32 Å². The van der Waals surface area contributed by atoms with Gasteiger partial charge in [-0.3, -0.25) is 4.79 Å². The van der Waals surface area contributed by atoms with Crippen LogP contribution in [0.15, 0.2) is 18.2 Å². The summed E-state index contributed by atoms with van der Waals surface area (Å²) in [5, 5.41) is 12.9. The number of carbonyl (C=O) groups excluding carboxylic acids is 1. The summed E-state index contributed by atoms with van der Waals surface area (Å²) in [5.74, 6) is -0.594. The lowest BCUT2D eigenvalue weighted by molar-refractivity contribution is -0.768. The first-order valence-electron chi connectivity index (χ1n) is 8.14. The molecule has 0 heterocycles. The predicted molar refractivity (Wildman–Crippen MR) is 90.8 cm³/mol. The maximum absolute atomic E-state index is 13.4. The van der Waals surface area contributed by atoms with E-state index in [1.807, 2.05) is 27.7 Å². The Balaban J connectivity index is 2.84. The maximum Gasteiger partial charge on any atom is 0.294 e. The summed E-state index contributed by atoms with van der Waals surface area (Å²) in [6, 6.07) is 3.64. The van der Waals surface area contributed by atoms with Crippen molar-refractivity contribution in [3.05, 3.63) is 39.7 Å². The Morgan fingerprint density at radius 2 is 2.08 bits per heavy atom. The molecule has 0 spiro atoms. The standard InChI is InChI=1S/C17H25FN2O5/c1-5-6-15(21)14-9-12(18)7-8-16(14)24-11-13(25-20(22)23)10-19-17(2,3)4/h7-9,13,19H,5-6,10-11H2,1-4H3.